The smallest absolute Gasteiger partial charge is 0.248 e. The SMILES string of the molecule is COCc1nsc(NCc2cccc(C(N)=O)c2)n1. The summed E-state index contributed by atoms with van der Waals surface area (Å²) in [6, 6.07) is 7.16. The molecule has 2 aromatic rings. The number of rotatable bonds is 6. The number of carbonyl (C=O) groups is 1. The Kier molecular flexibility index (Phi) is 4.43. The number of amides is 1. The Morgan fingerprint density at radius 1 is 1.53 bits per heavy atom. The molecule has 0 saturated carbocycles. The predicted molar refractivity (Wildman–Crippen MR) is 72.9 cm³/mol. The molecule has 0 radical (unpaired) electrons. The monoisotopic (exact) mass is 278 g/mol. The summed E-state index contributed by atoms with van der Waals surface area (Å²) in [5.74, 6) is 0.223. The minimum Gasteiger partial charge on any atom is -0.377 e. The van der Waals surface area contributed by atoms with E-state index < -0.39 is 5.91 Å². The van der Waals surface area contributed by atoms with E-state index in [-0.39, 0.29) is 0 Å². The van der Waals surface area contributed by atoms with Gasteiger partial charge in [0, 0.05) is 30.8 Å². The van der Waals surface area contributed by atoms with Crippen molar-refractivity contribution in [2.24, 2.45) is 5.73 Å². The van der Waals surface area contributed by atoms with E-state index >= 15 is 0 Å². The van der Waals surface area contributed by atoms with Crippen LogP contribution < -0.4 is 11.1 Å². The Morgan fingerprint density at radius 2 is 2.37 bits per heavy atom. The normalized spacial score (nSPS) is 10.4. The fourth-order valence-electron chi connectivity index (χ4n) is 1.53. The van der Waals surface area contributed by atoms with Gasteiger partial charge in [0.25, 0.3) is 0 Å². The van der Waals surface area contributed by atoms with Crippen LogP contribution in [0.4, 0.5) is 5.13 Å². The van der Waals surface area contributed by atoms with E-state index in [0.29, 0.717) is 24.5 Å². The highest BCUT2D eigenvalue weighted by molar-refractivity contribution is 7.09. The van der Waals surface area contributed by atoms with Crippen molar-refractivity contribution in [1.82, 2.24) is 9.36 Å². The van der Waals surface area contributed by atoms with E-state index in [0.717, 1.165) is 10.7 Å². The van der Waals surface area contributed by atoms with Crippen LogP contribution in [0.5, 0.6) is 0 Å². The molecule has 100 valence electrons. The minimum atomic E-state index is -0.430. The van der Waals surface area contributed by atoms with Crippen molar-refractivity contribution in [1.29, 1.82) is 0 Å². The van der Waals surface area contributed by atoms with Crippen LogP contribution >= 0.6 is 11.5 Å². The second kappa shape index (κ2) is 6.26. The number of benzene rings is 1. The largest absolute Gasteiger partial charge is 0.377 e. The molecule has 0 saturated heterocycles. The first kappa shape index (κ1) is 13.4. The van der Waals surface area contributed by atoms with Crippen LogP contribution in [-0.4, -0.2) is 22.4 Å². The molecule has 1 aromatic heterocycles. The first-order chi connectivity index (χ1) is 9.19. The number of hydrogen-bond donors (Lipinski definition) is 2. The number of hydrogen-bond acceptors (Lipinski definition) is 6. The first-order valence-electron chi connectivity index (χ1n) is 5.63. The molecule has 1 heterocycles. The van der Waals surface area contributed by atoms with E-state index in [1.54, 1.807) is 25.3 Å². The van der Waals surface area contributed by atoms with Crippen molar-refractivity contribution in [2.45, 2.75) is 13.2 Å². The van der Waals surface area contributed by atoms with Gasteiger partial charge in [-0.1, -0.05) is 12.1 Å². The summed E-state index contributed by atoms with van der Waals surface area (Å²) in [4.78, 5) is 15.3. The lowest BCUT2D eigenvalue weighted by Crippen LogP contribution is -2.11. The first-order valence-corrected chi connectivity index (χ1v) is 6.40. The van der Waals surface area contributed by atoms with Gasteiger partial charge in [-0.25, -0.2) is 4.98 Å². The van der Waals surface area contributed by atoms with Crippen molar-refractivity contribution in [3.05, 3.63) is 41.2 Å². The number of nitrogens with zero attached hydrogens (tertiary/aromatic N) is 2. The second-order valence-corrected chi connectivity index (χ2v) is 4.62. The molecule has 3 N–H and O–H groups in total. The number of primary amides is 1. The van der Waals surface area contributed by atoms with Crippen LogP contribution in [-0.2, 0) is 17.9 Å². The fourth-order valence-corrected chi connectivity index (χ4v) is 2.09. The summed E-state index contributed by atoms with van der Waals surface area (Å²) in [5, 5.41) is 3.86. The number of nitrogens with two attached hydrogens (primary N) is 1. The van der Waals surface area contributed by atoms with Crippen molar-refractivity contribution < 1.29 is 9.53 Å². The van der Waals surface area contributed by atoms with E-state index in [4.69, 9.17) is 10.5 Å². The fraction of sp³-hybridized carbons (Fsp3) is 0.250. The van der Waals surface area contributed by atoms with Gasteiger partial charge in [0.1, 0.15) is 6.61 Å². The van der Waals surface area contributed by atoms with E-state index in [9.17, 15) is 4.79 Å². The Hall–Kier alpha value is -1.99. The Bertz CT molecular complexity index is 570. The molecule has 2 rings (SSSR count). The number of aromatic nitrogens is 2. The van der Waals surface area contributed by atoms with Crippen LogP contribution in [0, 0.1) is 0 Å². The molecule has 0 atom stereocenters. The number of ether oxygens (including phenoxy) is 1. The van der Waals surface area contributed by atoms with Crippen LogP contribution in [0.15, 0.2) is 24.3 Å². The molecular weight excluding hydrogens is 264 g/mol. The van der Waals surface area contributed by atoms with Gasteiger partial charge in [-0.05, 0) is 17.7 Å². The maximum absolute atomic E-state index is 11.1. The highest BCUT2D eigenvalue weighted by Crippen LogP contribution is 2.13. The summed E-state index contributed by atoms with van der Waals surface area (Å²) < 4.78 is 9.08. The molecule has 0 aliphatic heterocycles. The van der Waals surface area contributed by atoms with Crippen molar-refractivity contribution in [3.8, 4) is 0 Å². The molecule has 19 heavy (non-hydrogen) atoms. The Morgan fingerprint density at radius 3 is 3.11 bits per heavy atom. The summed E-state index contributed by atoms with van der Waals surface area (Å²) in [6.07, 6.45) is 0. The van der Waals surface area contributed by atoms with Gasteiger partial charge in [0.2, 0.25) is 11.0 Å². The van der Waals surface area contributed by atoms with E-state index in [1.807, 2.05) is 6.07 Å². The van der Waals surface area contributed by atoms with Crippen LogP contribution in [0.25, 0.3) is 0 Å². The highest BCUT2D eigenvalue weighted by Gasteiger charge is 2.04. The van der Waals surface area contributed by atoms with Gasteiger partial charge in [-0.15, -0.1) is 0 Å². The molecule has 6 nitrogen and oxygen atoms in total. The summed E-state index contributed by atoms with van der Waals surface area (Å²) in [7, 11) is 1.60. The number of anilines is 1. The van der Waals surface area contributed by atoms with Gasteiger partial charge in [0.05, 0.1) is 0 Å². The molecule has 0 fully saturated rings. The lowest BCUT2D eigenvalue weighted by atomic mass is 10.1. The minimum absolute atomic E-state index is 0.398. The van der Waals surface area contributed by atoms with Gasteiger partial charge >= 0.3 is 0 Å². The van der Waals surface area contributed by atoms with Crippen molar-refractivity contribution in [2.75, 3.05) is 12.4 Å². The second-order valence-electron chi connectivity index (χ2n) is 3.87. The van der Waals surface area contributed by atoms with Crippen LogP contribution in [0.1, 0.15) is 21.7 Å². The topological polar surface area (TPSA) is 90.1 Å². The summed E-state index contributed by atoms with van der Waals surface area (Å²) in [5.41, 5.74) is 6.69. The lowest BCUT2D eigenvalue weighted by Gasteiger charge is -2.03. The number of methoxy groups -OCH3 is 1. The molecule has 1 amide bonds. The molecule has 0 bridgehead atoms. The van der Waals surface area contributed by atoms with Gasteiger partial charge in [0.15, 0.2) is 5.82 Å². The Balaban J connectivity index is 1.97. The van der Waals surface area contributed by atoms with Gasteiger partial charge in [-0.2, -0.15) is 4.37 Å². The average Bonchev–Trinajstić information content (AvgIpc) is 2.85. The quantitative estimate of drug-likeness (QED) is 0.833. The Labute approximate surface area is 114 Å². The number of carbonyl (C=O) groups excluding carboxylic acids is 1. The van der Waals surface area contributed by atoms with Gasteiger partial charge < -0.3 is 15.8 Å². The zero-order valence-electron chi connectivity index (χ0n) is 10.4. The molecule has 0 unspecified atom stereocenters. The van der Waals surface area contributed by atoms with Crippen LogP contribution in [0.2, 0.25) is 0 Å². The molecule has 0 spiro atoms. The third-order valence-corrected chi connectivity index (χ3v) is 3.11. The summed E-state index contributed by atoms with van der Waals surface area (Å²) >= 11 is 1.28. The third kappa shape index (κ3) is 3.73. The maximum Gasteiger partial charge on any atom is 0.248 e. The number of nitrogens with one attached hydrogen (secondary N) is 1. The molecule has 0 aliphatic rings. The third-order valence-electron chi connectivity index (χ3n) is 2.40. The summed E-state index contributed by atoms with van der Waals surface area (Å²) in [6.45, 7) is 0.956. The molecule has 0 aliphatic carbocycles. The zero-order valence-corrected chi connectivity index (χ0v) is 11.2. The maximum atomic E-state index is 11.1. The predicted octanol–water partition coefficient (Wildman–Crippen LogP) is 1.40. The molecule has 7 heteroatoms. The van der Waals surface area contributed by atoms with E-state index in [1.165, 1.54) is 11.5 Å². The van der Waals surface area contributed by atoms with Crippen molar-refractivity contribution >= 4 is 22.6 Å². The molecule has 1 aromatic carbocycles. The lowest BCUT2D eigenvalue weighted by molar-refractivity contribution is 0.1000. The standard InChI is InChI=1S/C12H14N4O2S/c1-18-7-10-15-12(19-16-10)14-6-8-3-2-4-9(5-8)11(13)17/h2-5H,6-7H2,1H3,(H2,13,17)(H,14,15,16). The molecular formula is C12H14N4O2S. The van der Waals surface area contributed by atoms with Crippen LogP contribution in [0.3, 0.4) is 0 Å². The van der Waals surface area contributed by atoms with Gasteiger partial charge in [-0.3, -0.25) is 4.79 Å². The van der Waals surface area contributed by atoms with E-state index in [2.05, 4.69) is 14.7 Å². The highest BCUT2D eigenvalue weighted by atomic mass is 32.1. The average molecular weight is 278 g/mol. The zero-order chi connectivity index (χ0) is 13.7. The van der Waals surface area contributed by atoms with Crippen molar-refractivity contribution in [3.63, 3.8) is 0 Å².